The van der Waals surface area contributed by atoms with Crippen molar-refractivity contribution in [3.63, 3.8) is 0 Å². The zero-order chi connectivity index (χ0) is 12.8. The summed E-state index contributed by atoms with van der Waals surface area (Å²) in [5.41, 5.74) is 0. The van der Waals surface area contributed by atoms with Crippen LogP contribution < -0.4 is 0 Å². The second-order valence-electron chi connectivity index (χ2n) is 5.29. The van der Waals surface area contributed by atoms with Gasteiger partial charge < -0.3 is 4.74 Å². The molecular weight excluding hydrogens is 216 g/mol. The minimum Gasteiger partial charge on any atom is -0.466 e. The van der Waals surface area contributed by atoms with Gasteiger partial charge in [0.15, 0.2) is 0 Å². The lowest BCUT2D eigenvalue weighted by molar-refractivity contribution is -0.149. The van der Waals surface area contributed by atoms with Crippen LogP contribution in [-0.2, 0) is 14.3 Å². The van der Waals surface area contributed by atoms with Gasteiger partial charge in [0.1, 0.15) is 5.78 Å². The minimum atomic E-state index is -0.0545. The van der Waals surface area contributed by atoms with Crippen LogP contribution in [0, 0.1) is 17.8 Å². The number of carbonyl (C=O) groups excluding carboxylic acids is 2. The van der Waals surface area contributed by atoms with E-state index in [0.717, 1.165) is 25.7 Å². The number of rotatable bonds is 5. The first-order valence-corrected chi connectivity index (χ1v) is 6.74. The summed E-state index contributed by atoms with van der Waals surface area (Å²) in [6.45, 7) is 6.20. The van der Waals surface area contributed by atoms with Gasteiger partial charge in [0.05, 0.1) is 12.5 Å². The van der Waals surface area contributed by atoms with Crippen molar-refractivity contribution < 1.29 is 14.3 Å². The summed E-state index contributed by atoms with van der Waals surface area (Å²) in [4.78, 5) is 23.2. The molecule has 0 bridgehead atoms. The molecule has 0 heterocycles. The standard InChI is InChI=1S/C14H24O3/c1-4-17-14(16)12-7-5-11(6-8-12)9-13(15)10(2)3/h10-12H,4-9H2,1-3H3. The lowest BCUT2D eigenvalue weighted by Gasteiger charge is -2.27. The van der Waals surface area contributed by atoms with E-state index in [4.69, 9.17) is 4.74 Å². The van der Waals surface area contributed by atoms with Gasteiger partial charge in [-0.25, -0.2) is 0 Å². The van der Waals surface area contributed by atoms with Crippen molar-refractivity contribution >= 4 is 11.8 Å². The molecular formula is C14H24O3. The molecule has 1 aliphatic carbocycles. The summed E-state index contributed by atoms with van der Waals surface area (Å²) in [5, 5.41) is 0. The van der Waals surface area contributed by atoms with Crippen LogP contribution in [0.5, 0.6) is 0 Å². The summed E-state index contributed by atoms with van der Waals surface area (Å²) in [6, 6.07) is 0. The molecule has 0 aliphatic heterocycles. The average Bonchev–Trinajstić information content (AvgIpc) is 2.30. The Hall–Kier alpha value is -0.860. The summed E-state index contributed by atoms with van der Waals surface area (Å²) < 4.78 is 5.03. The zero-order valence-electron chi connectivity index (χ0n) is 11.2. The molecule has 0 radical (unpaired) electrons. The Kier molecular flexibility index (Phi) is 5.66. The average molecular weight is 240 g/mol. The fourth-order valence-electron chi connectivity index (χ4n) is 2.38. The number of ketones is 1. The largest absolute Gasteiger partial charge is 0.466 e. The maximum atomic E-state index is 11.6. The highest BCUT2D eigenvalue weighted by Gasteiger charge is 2.28. The molecule has 0 aromatic rings. The van der Waals surface area contributed by atoms with E-state index < -0.39 is 0 Å². The SMILES string of the molecule is CCOC(=O)C1CCC(CC(=O)C(C)C)CC1. The van der Waals surface area contributed by atoms with E-state index in [1.807, 2.05) is 20.8 Å². The van der Waals surface area contributed by atoms with Crippen molar-refractivity contribution in [3.8, 4) is 0 Å². The molecule has 3 heteroatoms. The molecule has 0 N–H and O–H groups in total. The highest BCUT2D eigenvalue weighted by Crippen LogP contribution is 2.32. The van der Waals surface area contributed by atoms with Crippen LogP contribution in [0.1, 0.15) is 52.9 Å². The molecule has 0 amide bonds. The number of Topliss-reactive ketones (excluding diaryl/α,β-unsaturated/α-hetero) is 1. The van der Waals surface area contributed by atoms with Gasteiger partial charge in [0, 0.05) is 12.3 Å². The molecule has 1 rings (SSSR count). The summed E-state index contributed by atoms with van der Waals surface area (Å²) in [6.07, 6.45) is 4.43. The molecule has 0 aromatic heterocycles. The van der Waals surface area contributed by atoms with Crippen LogP contribution in [0.25, 0.3) is 0 Å². The number of ether oxygens (including phenoxy) is 1. The van der Waals surface area contributed by atoms with E-state index in [2.05, 4.69) is 0 Å². The number of carbonyl (C=O) groups is 2. The Labute approximate surface area is 104 Å². The van der Waals surface area contributed by atoms with Crippen LogP contribution in [0.4, 0.5) is 0 Å². The van der Waals surface area contributed by atoms with Crippen molar-refractivity contribution in [2.75, 3.05) is 6.61 Å². The molecule has 1 saturated carbocycles. The van der Waals surface area contributed by atoms with Crippen LogP contribution in [-0.4, -0.2) is 18.4 Å². The van der Waals surface area contributed by atoms with Gasteiger partial charge in [0.25, 0.3) is 0 Å². The van der Waals surface area contributed by atoms with Gasteiger partial charge in [-0.05, 0) is 38.5 Å². The van der Waals surface area contributed by atoms with Crippen LogP contribution >= 0.6 is 0 Å². The first-order valence-electron chi connectivity index (χ1n) is 6.74. The van der Waals surface area contributed by atoms with Gasteiger partial charge in [-0.15, -0.1) is 0 Å². The molecule has 0 saturated heterocycles. The summed E-state index contributed by atoms with van der Waals surface area (Å²) in [5.74, 6) is 0.986. The second kappa shape index (κ2) is 6.77. The molecule has 1 aliphatic rings. The Morgan fingerprint density at radius 3 is 2.24 bits per heavy atom. The minimum absolute atomic E-state index is 0.0545. The van der Waals surface area contributed by atoms with Crippen molar-refractivity contribution in [2.24, 2.45) is 17.8 Å². The monoisotopic (exact) mass is 240 g/mol. The highest BCUT2D eigenvalue weighted by atomic mass is 16.5. The number of hydrogen-bond acceptors (Lipinski definition) is 3. The quantitative estimate of drug-likeness (QED) is 0.694. The molecule has 17 heavy (non-hydrogen) atoms. The topological polar surface area (TPSA) is 43.4 Å². The van der Waals surface area contributed by atoms with E-state index in [1.54, 1.807) is 0 Å². The fourth-order valence-corrected chi connectivity index (χ4v) is 2.38. The zero-order valence-corrected chi connectivity index (χ0v) is 11.2. The number of esters is 1. The molecule has 0 aromatic carbocycles. The molecule has 0 atom stereocenters. The van der Waals surface area contributed by atoms with E-state index in [-0.39, 0.29) is 17.8 Å². The van der Waals surface area contributed by atoms with E-state index in [9.17, 15) is 9.59 Å². The first kappa shape index (κ1) is 14.2. The lowest BCUT2D eigenvalue weighted by atomic mass is 9.79. The van der Waals surface area contributed by atoms with E-state index in [1.165, 1.54) is 0 Å². The second-order valence-corrected chi connectivity index (χ2v) is 5.29. The molecule has 98 valence electrons. The highest BCUT2D eigenvalue weighted by molar-refractivity contribution is 5.80. The third-order valence-corrected chi connectivity index (χ3v) is 3.60. The smallest absolute Gasteiger partial charge is 0.308 e. The van der Waals surface area contributed by atoms with Crippen molar-refractivity contribution in [1.29, 1.82) is 0 Å². The van der Waals surface area contributed by atoms with Gasteiger partial charge in [0.2, 0.25) is 0 Å². The predicted molar refractivity (Wildman–Crippen MR) is 66.5 cm³/mol. The third kappa shape index (κ3) is 4.49. The van der Waals surface area contributed by atoms with Crippen LogP contribution in [0.2, 0.25) is 0 Å². The summed E-state index contributed by atoms with van der Waals surface area (Å²) >= 11 is 0. The van der Waals surface area contributed by atoms with Crippen LogP contribution in [0.3, 0.4) is 0 Å². The Balaban J connectivity index is 2.31. The Morgan fingerprint density at radius 2 is 1.76 bits per heavy atom. The van der Waals surface area contributed by atoms with Crippen molar-refractivity contribution in [1.82, 2.24) is 0 Å². The Morgan fingerprint density at radius 1 is 1.18 bits per heavy atom. The van der Waals surface area contributed by atoms with Crippen molar-refractivity contribution in [3.05, 3.63) is 0 Å². The summed E-state index contributed by atoms with van der Waals surface area (Å²) in [7, 11) is 0. The third-order valence-electron chi connectivity index (χ3n) is 3.60. The molecule has 0 spiro atoms. The Bertz CT molecular complexity index is 263. The first-order chi connectivity index (χ1) is 8.04. The fraction of sp³-hybridized carbons (Fsp3) is 0.857. The van der Waals surface area contributed by atoms with Crippen molar-refractivity contribution in [2.45, 2.75) is 52.9 Å². The molecule has 0 unspecified atom stereocenters. The molecule has 3 nitrogen and oxygen atoms in total. The normalized spacial score (nSPS) is 24.7. The predicted octanol–water partition coefficient (Wildman–Crippen LogP) is 2.97. The van der Waals surface area contributed by atoms with E-state index >= 15 is 0 Å². The van der Waals surface area contributed by atoms with Gasteiger partial charge in [-0.1, -0.05) is 13.8 Å². The number of hydrogen-bond donors (Lipinski definition) is 0. The van der Waals surface area contributed by atoms with Crippen LogP contribution in [0.15, 0.2) is 0 Å². The van der Waals surface area contributed by atoms with Gasteiger partial charge in [-0.2, -0.15) is 0 Å². The lowest BCUT2D eigenvalue weighted by Crippen LogP contribution is -2.25. The maximum Gasteiger partial charge on any atom is 0.308 e. The van der Waals surface area contributed by atoms with Gasteiger partial charge >= 0.3 is 5.97 Å². The maximum absolute atomic E-state index is 11.6. The van der Waals surface area contributed by atoms with E-state index in [0.29, 0.717) is 24.7 Å². The molecule has 1 fully saturated rings. The van der Waals surface area contributed by atoms with Gasteiger partial charge in [-0.3, -0.25) is 9.59 Å².